The molecule has 6 heteroatoms. The Morgan fingerprint density at radius 1 is 1.22 bits per heavy atom. The number of carbonyl (C=O) groups is 1. The van der Waals surface area contributed by atoms with E-state index in [0.717, 1.165) is 35.6 Å². The van der Waals surface area contributed by atoms with Crippen LogP contribution in [0.3, 0.4) is 0 Å². The lowest BCUT2D eigenvalue weighted by atomic mass is 10.1. The summed E-state index contributed by atoms with van der Waals surface area (Å²) in [5, 5.41) is 7.42. The Hall–Kier alpha value is -2.50. The first-order valence-electron chi connectivity index (χ1n) is 7.95. The van der Waals surface area contributed by atoms with Crippen LogP contribution in [0.15, 0.2) is 24.3 Å². The number of hydrogen-bond donors (Lipinski definition) is 1. The maximum atomic E-state index is 12.4. The zero-order chi connectivity index (χ0) is 15.8. The van der Waals surface area contributed by atoms with Crippen LogP contribution in [0, 0.1) is 0 Å². The maximum absolute atomic E-state index is 12.4. The van der Waals surface area contributed by atoms with Crippen LogP contribution < -0.4 is 14.8 Å². The van der Waals surface area contributed by atoms with Gasteiger partial charge in [-0.3, -0.25) is 9.48 Å². The molecule has 1 aromatic heterocycles. The van der Waals surface area contributed by atoms with Crippen LogP contribution in [-0.4, -0.2) is 28.5 Å². The number of nitrogens with zero attached hydrogens (tertiary/aromatic N) is 2. The van der Waals surface area contributed by atoms with Crippen molar-refractivity contribution < 1.29 is 14.3 Å². The first-order valence-corrected chi connectivity index (χ1v) is 7.95. The molecule has 2 aromatic rings. The lowest BCUT2D eigenvalue weighted by Gasteiger charge is -2.09. The number of aromatic nitrogens is 2. The second kappa shape index (κ2) is 5.61. The fourth-order valence-electron chi connectivity index (χ4n) is 3.23. The Kier molecular flexibility index (Phi) is 3.44. The van der Waals surface area contributed by atoms with Crippen LogP contribution in [0.25, 0.3) is 11.3 Å². The molecule has 1 amide bonds. The highest BCUT2D eigenvalue weighted by Gasteiger charge is 2.21. The summed E-state index contributed by atoms with van der Waals surface area (Å²) in [4.78, 5) is 12.4. The largest absolute Gasteiger partial charge is 0.454 e. The van der Waals surface area contributed by atoms with Gasteiger partial charge in [-0.2, -0.15) is 5.10 Å². The van der Waals surface area contributed by atoms with Gasteiger partial charge in [0.1, 0.15) is 0 Å². The predicted molar refractivity (Wildman–Crippen MR) is 84.5 cm³/mol. The number of amides is 1. The number of ether oxygens (including phenoxy) is 2. The van der Waals surface area contributed by atoms with Crippen molar-refractivity contribution in [1.82, 2.24) is 15.1 Å². The quantitative estimate of drug-likeness (QED) is 0.945. The summed E-state index contributed by atoms with van der Waals surface area (Å²) >= 11 is 0. The smallest absolute Gasteiger partial charge is 0.272 e. The Balaban J connectivity index is 1.58. The van der Waals surface area contributed by atoms with Gasteiger partial charge in [-0.05, 0) is 37.1 Å². The highest BCUT2D eigenvalue weighted by atomic mass is 16.7. The number of benzene rings is 1. The van der Waals surface area contributed by atoms with E-state index in [0.29, 0.717) is 11.7 Å². The second-order valence-corrected chi connectivity index (χ2v) is 6.06. The molecule has 1 fully saturated rings. The molecule has 1 aromatic carbocycles. The van der Waals surface area contributed by atoms with Gasteiger partial charge in [0.05, 0.1) is 5.69 Å². The third-order valence-electron chi connectivity index (χ3n) is 4.47. The van der Waals surface area contributed by atoms with Crippen molar-refractivity contribution in [3.05, 3.63) is 30.0 Å². The number of carbonyl (C=O) groups excluding carboxylic acids is 1. The number of rotatable bonds is 3. The van der Waals surface area contributed by atoms with Crippen LogP contribution in [-0.2, 0) is 7.05 Å². The number of nitrogens with one attached hydrogen (secondary N) is 1. The molecule has 0 saturated heterocycles. The molecule has 120 valence electrons. The molecule has 0 unspecified atom stereocenters. The topological polar surface area (TPSA) is 65.4 Å². The second-order valence-electron chi connectivity index (χ2n) is 6.06. The molecule has 2 aliphatic rings. The molecule has 6 nitrogen and oxygen atoms in total. The van der Waals surface area contributed by atoms with Crippen LogP contribution in [0.1, 0.15) is 36.2 Å². The average molecular weight is 313 g/mol. The molecule has 1 N–H and O–H groups in total. The van der Waals surface area contributed by atoms with Gasteiger partial charge in [0, 0.05) is 18.7 Å². The van der Waals surface area contributed by atoms with Crippen molar-refractivity contribution in [2.75, 3.05) is 6.79 Å². The van der Waals surface area contributed by atoms with Gasteiger partial charge in [-0.15, -0.1) is 0 Å². The van der Waals surface area contributed by atoms with E-state index < -0.39 is 0 Å². The zero-order valence-corrected chi connectivity index (χ0v) is 13.0. The molecule has 23 heavy (non-hydrogen) atoms. The average Bonchev–Trinajstić information content (AvgIpc) is 3.26. The third kappa shape index (κ3) is 2.65. The Morgan fingerprint density at radius 2 is 2.00 bits per heavy atom. The number of hydrogen-bond acceptors (Lipinski definition) is 4. The van der Waals surface area contributed by atoms with Gasteiger partial charge in [-0.25, -0.2) is 0 Å². The maximum Gasteiger partial charge on any atom is 0.272 e. The molecule has 2 heterocycles. The normalized spacial score (nSPS) is 16.7. The first kappa shape index (κ1) is 14.1. The standard InChI is InChI=1S/C17H19N3O3/c1-20-14(11-6-7-15-16(8-11)23-10-22-15)9-13(19-20)17(21)18-12-4-2-3-5-12/h6-9,12H,2-5,10H2,1H3,(H,18,21). The minimum atomic E-state index is -0.0977. The predicted octanol–water partition coefficient (Wildman–Crippen LogP) is 2.49. The van der Waals surface area contributed by atoms with Crippen LogP contribution in [0.5, 0.6) is 11.5 Å². The van der Waals surface area contributed by atoms with Gasteiger partial charge < -0.3 is 14.8 Å². The van der Waals surface area contributed by atoms with Gasteiger partial charge in [0.15, 0.2) is 17.2 Å². The third-order valence-corrected chi connectivity index (χ3v) is 4.47. The van der Waals surface area contributed by atoms with Crippen molar-refractivity contribution in [3.63, 3.8) is 0 Å². The van der Waals surface area contributed by atoms with E-state index in [1.165, 1.54) is 12.8 Å². The molecule has 4 rings (SSSR count). The SMILES string of the molecule is Cn1nc(C(=O)NC2CCCC2)cc1-c1ccc2c(c1)OCO2. The van der Waals surface area contributed by atoms with Crippen LogP contribution >= 0.6 is 0 Å². The van der Waals surface area contributed by atoms with E-state index in [1.54, 1.807) is 4.68 Å². The summed E-state index contributed by atoms with van der Waals surface area (Å²) in [5.41, 5.74) is 2.27. The molecular formula is C17H19N3O3. The summed E-state index contributed by atoms with van der Waals surface area (Å²) in [7, 11) is 1.84. The van der Waals surface area contributed by atoms with Gasteiger partial charge >= 0.3 is 0 Å². The first-order chi connectivity index (χ1) is 11.2. The monoisotopic (exact) mass is 313 g/mol. The van der Waals surface area contributed by atoms with Gasteiger partial charge in [-0.1, -0.05) is 12.8 Å². The summed E-state index contributed by atoms with van der Waals surface area (Å²) in [5.74, 6) is 1.37. The van der Waals surface area contributed by atoms with E-state index in [4.69, 9.17) is 9.47 Å². The van der Waals surface area contributed by atoms with E-state index in [2.05, 4.69) is 10.4 Å². The van der Waals surface area contributed by atoms with Crippen molar-refractivity contribution >= 4 is 5.91 Å². The molecule has 0 radical (unpaired) electrons. The number of aryl methyl sites for hydroxylation is 1. The zero-order valence-electron chi connectivity index (χ0n) is 13.0. The van der Waals surface area contributed by atoms with Crippen molar-refractivity contribution in [2.24, 2.45) is 7.05 Å². The highest BCUT2D eigenvalue weighted by molar-refractivity contribution is 5.93. The summed E-state index contributed by atoms with van der Waals surface area (Å²) in [6.45, 7) is 0.249. The summed E-state index contributed by atoms with van der Waals surface area (Å²) in [6, 6.07) is 7.85. The highest BCUT2D eigenvalue weighted by Crippen LogP contribution is 2.35. The van der Waals surface area contributed by atoms with Gasteiger partial charge in [0.25, 0.3) is 5.91 Å². The molecule has 1 aliphatic carbocycles. The molecular weight excluding hydrogens is 294 g/mol. The minimum absolute atomic E-state index is 0.0977. The van der Waals surface area contributed by atoms with E-state index >= 15 is 0 Å². The summed E-state index contributed by atoms with van der Waals surface area (Å²) in [6.07, 6.45) is 4.51. The van der Waals surface area contributed by atoms with Crippen LogP contribution in [0.2, 0.25) is 0 Å². The lowest BCUT2D eigenvalue weighted by Crippen LogP contribution is -2.32. The molecule has 0 atom stereocenters. The Labute approximate surface area is 134 Å². The van der Waals surface area contributed by atoms with E-state index in [-0.39, 0.29) is 12.7 Å². The molecule has 1 aliphatic heterocycles. The fourth-order valence-corrected chi connectivity index (χ4v) is 3.23. The van der Waals surface area contributed by atoms with Gasteiger partial charge in [0.2, 0.25) is 6.79 Å². The van der Waals surface area contributed by atoms with Crippen LogP contribution in [0.4, 0.5) is 0 Å². The van der Waals surface area contributed by atoms with Crippen molar-refractivity contribution in [3.8, 4) is 22.8 Å². The van der Waals surface area contributed by atoms with Crippen molar-refractivity contribution in [1.29, 1.82) is 0 Å². The Morgan fingerprint density at radius 3 is 2.83 bits per heavy atom. The lowest BCUT2D eigenvalue weighted by molar-refractivity contribution is 0.0932. The fraction of sp³-hybridized carbons (Fsp3) is 0.412. The minimum Gasteiger partial charge on any atom is -0.454 e. The van der Waals surface area contributed by atoms with Crippen molar-refractivity contribution in [2.45, 2.75) is 31.7 Å². The molecule has 0 bridgehead atoms. The van der Waals surface area contributed by atoms with E-state index in [9.17, 15) is 4.79 Å². The number of fused-ring (bicyclic) bond motifs is 1. The molecule has 1 saturated carbocycles. The molecule has 0 spiro atoms. The van der Waals surface area contributed by atoms with E-state index in [1.807, 2.05) is 31.3 Å². The summed E-state index contributed by atoms with van der Waals surface area (Å²) < 4.78 is 12.5. The Bertz CT molecular complexity index is 748.